The van der Waals surface area contributed by atoms with E-state index >= 15 is 0 Å². The van der Waals surface area contributed by atoms with E-state index in [0.29, 0.717) is 6.42 Å². The van der Waals surface area contributed by atoms with Crippen molar-refractivity contribution in [2.24, 2.45) is 11.7 Å². The van der Waals surface area contributed by atoms with Crippen LogP contribution in [0.25, 0.3) is 0 Å². The Kier molecular flexibility index (Phi) is 12.2. The molecule has 1 aromatic carbocycles. The Morgan fingerprint density at radius 1 is 0.938 bits per heavy atom. The van der Waals surface area contributed by atoms with Gasteiger partial charge >= 0.3 is 5.97 Å². The Labute approximate surface area is 199 Å². The third kappa shape index (κ3) is 8.71. The quantitative estimate of drug-likeness (QED) is 0.196. The predicted molar refractivity (Wildman–Crippen MR) is 129 cm³/mol. The molecule has 0 fully saturated rings. The minimum absolute atomic E-state index is 0.0629. The fourth-order valence-corrected chi connectivity index (χ4v) is 3.25. The van der Waals surface area contributed by atoms with Crippen LogP contribution in [0.3, 0.4) is 0 Å². The maximum absolute atomic E-state index is 12.9. The summed E-state index contributed by atoms with van der Waals surface area (Å²) < 4.78 is 0. The van der Waals surface area contributed by atoms with Gasteiger partial charge in [0.05, 0.1) is 6.04 Å². The summed E-state index contributed by atoms with van der Waals surface area (Å²) >= 11 is 8.11. The zero-order valence-electron chi connectivity index (χ0n) is 18.2. The lowest BCUT2D eigenvalue weighted by Crippen LogP contribution is -2.59. The molecule has 0 aliphatic heterocycles. The maximum Gasteiger partial charge on any atom is 0.326 e. The van der Waals surface area contributed by atoms with Gasteiger partial charge in [-0.2, -0.15) is 25.3 Å². The molecule has 1 aromatic rings. The lowest BCUT2D eigenvalue weighted by molar-refractivity contribution is -0.142. The molecule has 0 heterocycles. The molecule has 0 aromatic heterocycles. The molecule has 6 N–H and O–H groups in total. The van der Waals surface area contributed by atoms with Crippen LogP contribution in [0, 0.1) is 5.92 Å². The summed E-state index contributed by atoms with van der Waals surface area (Å²) in [7, 11) is 0. The third-order valence-electron chi connectivity index (χ3n) is 5.04. The molecule has 178 valence electrons. The van der Waals surface area contributed by atoms with Crippen LogP contribution in [0.4, 0.5) is 0 Å². The van der Waals surface area contributed by atoms with E-state index in [-0.39, 0.29) is 23.8 Å². The van der Waals surface area contributed by atoms with Crippen LogP contribution in [0.2, 0.25) is 0 Å². The Bertz CT molecular complexity index is 781. The first-order valence-electron chi connectivity index (χ1n) is 10.3. The van der Waals surface area contributed by atoms with Gasteiger partial charge in [0.25, 0.3) is 0 Å². The summed E-state index contributed by atoms with van der Waals surface area (Å²) in [5.74, 6) is -3.17. The lowest BCUT2D eigenvalue weighted by Gasteiger charge is -2.27. The minimum Gasteiger partial charge on any atom is -0.480 e. The van der Waals surface area contributed by atoms with Crippen molar-refractivity contribution in [3.05, 3.63) is 35.9 Å². The van der Waals surface area contributed by atoms with Gasteiger partial charge in [0, 0.05) is 17.9 Å². The van der Waals surface area contributed by atoms with Crippen LogP contribution in [-0.4, -0.2) is 64.5 Å². The summed E-state index contributed by atoms with van der Waals surface area (Å²) in [5, 5.41) is 17.1. The number of hydrogen-bond donors (Lipinski definition) is 7. The van der Waals surface area contributed by atoms with E-state index in [0.717, 1.165) is 5.56 Å². The number of carboxylic acids is 1. The highest BCUT2D eigenvalue weighted by molar-refractivity contribution is 7.80. The first kappa shape index (κ1) is 27.8. The largest absolute Gasteiger partial charge is 0.480 e. The molecule has 0 saturated carbocycles. The molecule has 3 amide bonds. The van der Waals surface area contributed by atoms with Crippen molar-refractivity contribution in [2.45, 2.75) is 50.9 Å². The molecule has 32 heavy (non-hydrogen) atoms. The molecule has 0 spiro atoms. The van der Waals surface area contributed by atoms with Crippen molar-refractivity contribution in [1.82, 2.24) is 16.0 Å². The van der Waals surface area contributed by atoms with E-state index in [1.165, 1.54) is 0 Å². The molecule has 0 aliphatic rings. The third-order valence-corrected chi connectivity index (χ3v) is 5.80. The summed E-state index contributed by atoms with van der Waals surface area (Å²) in [5.41, 5.74) is 6.42. The molecule has 11 heteroatoms. The molecule has 0 radical (unpaired) electrons. The van der Waals surface area contributed by atoms with Gasteiger partial charge in [0.15, 0.2) is 0 Å². The Morgan fingerprint density at radius 3 is 2.03 bits per heavy atom. The SMILES string of the molecule is CCC(C)C(NC(=O)C(N)CS)C(=O)NC(CS)C(=O)NC(Cc1ccccc1)C(=O)O. The fourth-order valence-electron chi connectivity index (χ4n) is 2.82. The number of carbonyl (C=O) groups excluding carboxylic acids is 3. The van der Waals surface area contributed by atoms with Gasteiger partial charge in [-0.3, -0.25) is 14.4 Å². The number of carbonyl (C=O) groups is 4. The van der Waals surface area contributed by atoms with Gasteiger partial charge in [-0.15, -0.1) is 0 Å². The van der Waals surface area contributed by atoms with E-state index in [9.17, 15) is 24.3 Å². The predicted octanol–water partition coefficient (Wildman–Crippen LogP) is 0.00110. The minimum atomic E-state index is -1.20. The number of hydrogen-bond acceptors (Lipinski definition) is 7. The summed E-state index contributed by atoms with van der Waals surface area (Å²) in [6, 6.07) is 4.80. The van der Waals surface area contributed by atoms with Crippen LogP contribution < -0.4 is 21.7 Å². The number of benzene rings is 1. The van der Waals surface area contributed by atoms with Gasteiger partial charge in [-0.05, 0) is 11.5 Å². The number of thiol groups is 2. The standard InChI is InChI=1S/C21H32N4O5S2/c1-3-12(2)17(25-18(26)14(22)10-31)20(28)24-16(11-32)19(27)23-15(21(29)30)9-13-7-5-4-6-8-13/h4-8,12,14-17,31-32H,3,9-11,22H2,1-2H3,(H,23,27)(H,24,28)(H,25,26)(H,29,30). The average molecular weight is 485 g/mol. The van der Waals surface area contributed by atoms with Crippen LogP contribution in [0.15, 0.2) is 30.3 Å². The van der Waals surface area contributed by atoms with E-state index in [4.69, 9.17) is 5.73 Å². The summed E-state index contributed by atoms with van der Waals surface area (Å²) in [4.78, 5) is 49.4. The topological polar surface area (TPSA) is 151 Å². The zero-order valence-corrected chi connectivity index (χ0v) is 19.9. The number of rotatable bonds is 13. The molecule has 0 aliphatic carbocycles. The van der Waals surface area contributed by atoms with Crippen molar-refractivity contribution < 1.29 is 24.3 Å². The molecular formula is C21H32N4O5S2. The number of nitrogens with one attached hydrogen (secondary N) is 3. The van der Waals surface area contributed by atoms with Crippen LogP contribution in [-0.2, 0) is 25.6 Å². The molecule has 1 rings (SSSR count). The maximum atomic E-state index is 12.9. The smallest absolute Gasteiger partial charge is 0.326 e. The van der Waals surface area contributed by atoms with Crippen LogP contribution >= 0.6 is 25.3 Å². The van der Waals surface area contributed by atoms with Crippen molar-refractivity contribution in [2.75, 3.05) is 11.5 Å². The highest BCUT2D eigenvalue weighted by Crippen LogP contribution is 2.10. The first-order valence-corrected chi connectivity index (χ1v) is 11.6. The van der Waals surface area contributed by atoms with Gasteiger partial charge in [0.2, 0.25) is 17.7 Å². The van der Waals surface area contributed by atoms with Gasteiger partial charge < -0.3 is 26.8 Å². The number of aliphatic carboxylic acids is 1. The summed E-state index contributed by atoms with van der Waals surface area (Å²) in [6.07, 6.45) is 0.673. The monoisotopic (exact) mass is 484 g/mol. The van der Waals surface area contributed by atoms with Gasteiger partial charge in [0.1, 0.15) is 18.1 Å². The molecular weight excluding hydrogens is 452 g/mol. The van der Waals surface area contributed by atoms with Crippen LogP contribution in [0.1, 0.15) is 25.8 Å². The number of nitrogens with two attached hydrogens (primary N) is 1. The highest BCUT2D eigenvalue weighted by Gasteiger charge is 2.31. The second-order valence-corrected chi connectivity index (χ2v) is 8.22. The molecule has 9 nitrogen and oxygen atoms in total. The average Bonchev–Trinajstić information content (AvgIpc) is 2.79. The molecule has 0 bridgehead atoms. The van der Waals surface area contributed by atoms with E-state index in [2.05, 4.69) is 41.2 Å². The normalized spacial score (nSPS) is 15.5. The lowest BCUT2D eigenvalue weighted by atomic mass is 9.97. The van der Waals surface area contributed by atoms with Crippen molar-refractivity contribution >= 4 is 48.9 Å². The first-order chi connectivity index (χ1) is 15.1. The molecule has 5 atom stereocenters. The van der Waals surface area contributed by atoms with E-state index in [1.54, 1.807) is 37.3 Å². The van der Waals surface area contributed by atoms with E-state index < -0.39 is 47.9 Å². The fraction of sp³-hybridized carbons (Fsp3) is 0.524. The van der Waals surface area contributed by atoms with E-state index in [1.807, 2.05) is 6.92 Å². The second-order valence-electron chi connectivity index (χ2n) is 7.49. The van der Waals surface area contributed by atoms with Gasteiger partial charge in [-0.25, -0.2) is 4.79 Å². The molecule has 0 saturated heterocycles. The number of amides is 3. The summed E-state index contributed by atoms with van der Waals surface area (Å²) in [6.45, 7) is 3.65. The van der Waals surface area contributed by atoms with Crippen LogP contribution in [0.5, 0.6) is 0 Å². The number of carboxylic acid groups (broad SMARTS) is 1. The van der Waals surface area contributed by atoms with Crippen molar-refractivity contribution in [1.29, 1.82) is 0 Å². The Hall–Kier alpha value is -2.24. The van der Waals surface area contributed by atoms with Crippen molar-refractivity contribution in [3.8, 4) is 0 Å². The second kappa shape index (κ2) is 14.0. The van der Waals surface area contributed by atoms with Gasteiger partial charge in [-0.1, -0.05) is 50.6 Å². The zero-order chi connectivity index (χ0) is 24.3. The van der Waals surface area contributed by atoms with Crippen molar-refractivity contribution in [3.63, 3.8) is 0 Å². The highest BCUT2D eigenvalue weighted by atomic mass is 32.1. The Balaban J connectivity index is 2.88. The molecule has 5 unspecified atom stereocenters. The Morgan fingerprint density at radius 2 is 1.53 bits per heavy atom.